The minimum absolute atomic E-state index is 0.0434. The summed E-state index contributed by atoms with van der Waals surface area (Å²) in [6.07, 6.45) is 1.72. The van der Waals surface area contributed by atoms with E-state index in [1.807, 2.05) is 12.3 Å². The standard InChI is InChI=1S/C10H8ClNOS/c1-6-5-14-10(8(6)11)9(13)7-3-2-4-12-7/h2-5,12H,1H3. The number of H-pyrrole nitrogens is 1. The fourth-order valence-electron chi connectivity index (χ4n) is 1.18. The number of halogens is 1. The van der Waals surface area contributed by atoms with Crippen LogP contribution in [0.5, 0.6) is 0 Å². The van der Waals surface area contributed by atoms with Crippen LogP contribution in [-0.2, 0) is 0 Å². The van der Waals surface area contributed by atoms with Crippen molar-refractivity contribution < 1.29 is 4.79 Å². The first-order valence-electron chi connectivity index (χ1n) is 4.12. The quantitative estimate of drug-likeness (QED) is 0.782. The molecule has 4 heteroatoms. The van der Waals surface area contributed by atoms with E-state index in [4.69, 9.17) is 11.6 Å². The number of aromatic amines is 1. The summed E-state index contributed by atoms with van der Waals surface area (Å²) < 4.78 is 0. The van der Waals surface area contributed by atoms with Gasteiger partial charge in [0, 0.05) is 6.20 Å². The lowest BCUT2D eigenvalue weighted by molar-refractivity contribution is 0.103. The Kier molecular flexibility index (Phi) is 2.44. The smallest absolute Gasteiger partial charge is 0.220 e. The van der Waals surface area contributed by atoms with Crippen LogP contribution in [0.25, 0.3) is 0 Å². The Balaban J connectivity index is 2.42. The molecule has 2 nitrogen and oxygen atoms in total. The second kappa shape index (κ2) is 3.59. The van der Waals surface area contributed by atoms with Gasteiger partial charge in [-0.1, -0.05) is 11.6 Å². The van der Waals surface area contributed by atoms with Crippen molar-refractivity contribution in [3.05, 3.63) is 44.9 Å². The van der Waals surface area contributed by atoms with Gasteiger partial charge in [0.2, 0.25) is 5.78 Å². The van der Waals surface area contributed by atoms with Gasteiger partial charge in [0.25, 0.3) is 0 Å². The summed E-state index contributed by atoms with van der Waals surface area (Å²) in [7, 11) is 0. The number of ketones is 1. The SMILES string of the molecule is Cc1csc(C(=O)c2ccc[nH]2)c1Cl. The number of hydrogen-bond donors (Lipinski definition) is 1. The molecule has 0 aliphatic rings. The van der Waals surface area contributed by atoms with Crippen molar-refractivity contribution in [2.24, 2.45) is 0 Å². The topological polar surface area (TPSA) is 32.9 Å². The molecular formula is C10H8ClNOS. The molecule has 14 heavy (non-hydrogen) atoms. The molecule has 0 aliphatic heterocycles. The molecule has 2 rings (SSSR count). The number of aromatic nitrogens is 1. The zero-order valence-corrected chi connectivity index (χ0v) is 9.08. The molecule has 0 aliphatic carbocycles. The second-order valence-corrected chi connectivity index (χ2v) is 4.23. The van der Waals surface area contributed by atoms with Gasteiger partial charge < -0.3 is 4.98 Å². The Morgan fingerprint density at radius 2 is 2.36 bits per heavy atom. The van der Waals surface area contributed by atoms with Gasteiger partial charge in [0.05, 0.1) is 15.6 Å². The molecule has 0 atom stereocenters. The molecule has 72 valence electrons. The molecule has 2 heterocycles. The van der Waals surface area contributed by atoms with E-state index in [-0.39, 0.29) is 5.78 Å². The third-order valence-corrected chi connectivity index (χ3v) is 3.64. The fourth-order valence-corrected chi connectivity index (χ4v) is 2.41. The molecular weight excluding hydrogens is 218 g/mol. The summed E-state index contributed by atoms with van der Waals surface area (Å²) in [5, 5.41) is 2.45. The highest BCUT2D eigenvalue weighted by molar-refractivity contribution is 7.13. The Labute approximate surface area is 90.5 Å². The van der Waals surface area contributed by atoms with Gasteiger partial charge in [0.15, 0.2) is 0 Å². The van der Waals surface area contributed by atoms with E-state index in [9.17, 15) is 4.79 Å². The third kappa shape index (κ3) is 1.49. The number of hydrogen-bond acceptors (Lipinski definition) is 2. The van der Waals surface area contributed by atoms with E-state index in [1.165, 1.54) is 11.3 Å². The van der Waals surface area contributed by atoms with Crippen molar-refractivity contribution in [2.75, 3.05) is 0 Å². The molecule has 0 amide bonds. The van der Waals surface area contributed by atoms with Crippen molar-refractivity contribution in [2.45, 2.75) is 6.92 Å². The largest absolute Gasteiger partial charge is 0.358 e. The van der Waals surface area contributed by atoms with Crippen molar-refractivity contribution in [3.63, 3.8) is 0 Å². The molecule has 0 saturated carbocycles. The number of thiophene rings is 1. The Morgan fingerprint density at radius 1 is 1.57 bits per heavy atom. The van der Waals surface area contributed by atoms with Gasteiger partial charge in [-0.25, -0.2) is 0 Å². The first-order valence-corrected chi connectivity index (χ1v) is 5.37. The van der Waals surface area contributed by atoms with E-state index in [2.05, 4.69) is 4.98 Å². The summed E-state index contributed by atoms with van der Waals surface area (Å²) in [5.41, 5.74) is 1.53. The van der Waals surface area contributed by atoms with Crippen molar-refractivity contribution in [1.29, 1.82) is 0 Å². The predicted molar refractivity (Wildman–Crippen MR) is 58.3 cm³/mol. The lowest BCUT2D eigenvalue weighted by atomic mass is 10.2. The van der Waals surface area contributed by atoms with Crippen LogP contribution in [0.1, 0.15) is 20.9 Å². The molecule has 0 spiro atoms. The molecule has 0 radical (unpaired) electrons. The molecule has 2 aromatic rings. The van der Waals surface area contributed by atoms with Crippen LogP contribution in [0.15, 0.2) is 23.7 Å². The molecule has 0 unspecified atom stereocenters. The normalized spacial score (nSPS) is 10.4. The summed E-state index contributed by atoms with van der Waals surface area (Å²) in [5.74, 6) is -0.0434. The Bertz CT molecular complexity index is 458. The maximum atomic E-state index is 11.8. The highest BCUT2D eigenvalue weighted by Crippen LogP contribution is 2.28. The summed E-state index contributed by atoms with van der Waals surface area (Å²) in [4.78, 5) is 15.3. The fraction of sp³-hybridized carbons (Fsp3) is 0.100. The predicted octanol–water partition coefficient (Wildman–Crippen LogP) is 3.27. The average Bonchev–Trinajstić information content (AvgIpc) is 2.77. The van der Waals surface area contributed by atoms with E-state index >= 15 is 0 Å². The first-order chi connectivity index (χ1) is 6.70. The molecule has 0 bridgehead atoms. The second-order valence-electron chi connectivity index (χ2n) is 2.97. The molecule has 0 saturated heterocycles. The van der Waals surface area contributed by atoms with Crippen LogP contribution in [0.3, 0.4) is 0 Å². The van der Waals surface area contributed by atoms with Crippen LogP contribution >= 0.6 is 22.9 Å². The number of nitrogens with one attached hydrogen (secondary N) is 1. The number of carbonyl (C=O) groups excluding carboxylic acids is 1. The Morgan fingerprint density at radius 3 is 2.86 bits per heavy atom. The van der Waals surface area contributed by atoms with Crippen molar-refractivity contribution >= 4 is 28.7 Å². The summed E-state index contributed by atoms with van der Waals surface area (Å²) in [6.45, 7) is 1.89. The summed E-state index contributed by atoms with van der Waals surface area (Å²) >= 11 is 7.38. The van der Waals surface area contributed by atoms with Crippen LogP contribution in [0.4, 0.5) is 0 Å². The number of aryl methyl sites for hydroxylation is 1. The van der Waals surface area contributed by atoms with Gasteiger partial charge >= 0.3 is 0 Å². The molecule has 0 aromatic carbocycles. The van der Waals surface area contributed by atoms with Crippen molar-refractivity contribution in [1.82, 2.24) is 4.98 Å². The van der Waals surface area contributed by atoms with Gasteiger partial charge in [-0.3, -0.25) is 4.79 Å². The van der Waals surface area contributed by atoms with Gasteiger partial charge in [-0.15, -0.1) is 11.3 Å². The first kappa shape index (κ1) is 9.49. The summed E-state index contributed by atoms with van der Waals surface area (Å²) in [6, 6.07) is 3.54. The van der Waals surface area contributed by atoms with Gasteiger partial charge in [0.1, 0.15) is 0 Å². The maximum Gasteiger partial charge on any atom is 0.220 e. The lowest BCUT2D eigenvalue weighted by Gasteiger charge is -1.95. The van der Waals surface area contributed by atoms with Gasteiger partial charge in [-0.2, -0.15) is 0 Å². The molecule has 2 aromatic heterocycles. The van der Waals surface area contributed by atoms with Crippen LogP contribution in [0, 0.1) is 6.92 Å². The highest BCUT2D eigenvalue weighted by atomic mass is 35.5. The minimum atomic E-state index is -0.0434. The molecule has 0 fully saturated rings. The lowest BCUT2D eigenvalue weighted by Crippen LogP contribution is -1.99. The van der Waals surface area contributed by atoms with E-state index in [0.29, 0.717) is 15.6 Å². The maximum absolute atomic E-state index is 11.8. The third-order valence-electron chi connectivity index (χ3n) is 1.95. The highest BCUT2D eigenvalue weighted by Gasteiger charge is 2.16. The van der Waals surface area contributed by atoms with Crippen LogP contribution in [0.2, 0.25) is 5.02 Å². The van der Waals surface area contributed by atoms with Crippen LogP contribution in [-0.4, -0.2) is 10.8 Å². The van der Waals surface area contributed by atoms with Gasteiger partial charge in [-0.05, 0) is 30.0 Å². The van der Waals surface area contributed by atoms with E-state index < -0.39 is 0 Å². The van der Waals surface area contributed by atoms with Crippen LogP contribution < -0.4 is 0 Å². The van der Waals surface area contributed by atoms with Crippen molar-refractivity contribution in [3.8, 4) is 0 Å². The molecule has 1 N–H and O–H groups in total. The number of rotatable bonds is 2. The Hall–Kier alpha value is -1.06. The minimum Gasteiger partial charge on any atom is -0.358 e. The number of carbonyl (C=O) groups is 1. The zero-order chi connectivity index (χ0) is 10.1. The average molecular weight is 226 g/mol. The monoisotopic (exact) mass is 225 g/mol. The zero-order valence-electron chi connectivity index (χ0n) is 7.50. The van der Waals surface area contributed by atoms with E-state index in [1.54, 1.807) is 18.3 Å². The van der Waals surface area contributed by atoms with E-state index in [0.717, 1.165) is 5.56 Å².